The molecule has 1 saturated heterocycles. The van der Waals surface area contributed by atoms with E-state index < -0.39 is 5.91 Å². The van der Waals surface area contributed by atoms with Gasteiger partial charge in [0.05, 0.1) is 24.6 Å². The van der Waals surface area contributed by atoms with Gasteiger partial charge in [-0.3, -0.25) is 19.3 Å². The molecule has 6 nitrogen and oxygen atoms in total. The lowest BCUT2D eigenvalue weighted by Gasteiger charge is -2.38. The predicted molar refractivity (Wildman–Crippen MR) is 90.7 cm³/mol. The molecule has 2 fully saturated rings. The van der Waals surface area contributed by atoms with Crippen LogP contribution in [0.15, 0.2) is 36.4 Å². The molecular weight excluding hydrogens is 320 g/mol. The first-order chi connectivity index (χ1) is 12.1. The Hall–Kier alpha value is -2.63. The quantitative estimate of drug-likeness (QED) is 0.670. The molecule has 1 heterocycles. The second-order valence-corrected chi connectivity index (χ2v) is 6.85. The van der Waals surface area contributed by atoms with Crippen molar-refractivity contribution in [3.05, 3.63) is 36.4 Å². The standard InChI is InChI=1S/C19H20N2O4/c1-25-14-5-3-2-4-13(14)20-15(22)10-21-18(23)16-11-6-7-12(9-8-11)17(16)19(21)24/h2-7,11-12,16-17H,8-10H2,1H3,(H,20,22)/t11-,12-,16+,17+/m0/s1. The fraction of sp³-hybridized carbons (Fsp3) is 0.421. The lowest BCUT2D eigenvalue weighted by Crippen LogP contribution is -2.38. The number of nitrogens with one attached hydrogen (secondary N) is 1. The summed E-state index contributed by atoms with van der Waals surface area (Å²) < 4.78 is 5.20. The zero-order chi connectivity index (χ0) is 17.6. The number of anilines is 1. The average Bonchev–Trinajstić information content (AvgIpc) is 2.90. The normalized spacial score (nSPS) is 29.7. The van der Waals surface area contributed by atoms with Crippen molar-refractivity contribution < 1.29 is 19.1 Å². The number of hydrogen-bond donors (Lipinski definition) is 1. The summed E-state index contributed by atoms with van der Waals surface area (Å²) in [5.41, 5.74) is 0.522. The maximum absolute atomic E-state index is 12.7. The number of methoxy groups -OCH3 is 1. The van der Waals surface area contributed by atoms with Crippen LogP contribution < -0.4 is 10.1 Å². The molecule has 1 saturated carbocycles. The van der Waals surface area contributed by atoms with E-state index in [-0.39, 0.29) is 42.0 Å². The van der Waals surface area contributed by atoms with Gasteiger partial charge in [0.2, 0.25) is 17.7 Å². The van der Waals surface area contributed by atoms with Crippen LogP contribution in [0.5, 0.6) is 5.75 Å². The molecule has 0 spiro atoms. The Morgan fingerprint density at radius 1 is 1.12 bits per heavy atom. The van der Waals surface area contributed by atoms with Crippen molar-refractivity contribution in [3.63, 3.8) is 0 Å². The third-order valence-electron chi connectivity index (χ3n) is 5.53. The van der Waals surface area contributed by atoms with Gasteiger partial charge < -0.3 is 10.1 Å². The van der Waals surface area contributed by atoms with Gasteiger partial charge in [-0.25, -0.2) is 0 Å². The number of amides is 3. The minimum Gasteiger partial charge on any atom is -0.495 e. The van der Waals surface area contributed by atoms with Crippen molar-refractivity contribution in [1.82, 2.24) is 4.90 Å². The van der Waals surface area contributed by atoms with Gasteiger partial charge in [-0.15, -0.1) is 0 Å². The molecule has 25 heavy (non-hydrogen) atoms. The lowest BCUT2D eigenvalue weighted by molar-refractivity contribution is -0.142. The topological polar surface area (TPSA) is 75.7 Å². The monoisotopic (exact) mass is 340 g/mol. The summed E-state index contributed by atoms with van der Waals surface area (Å²) in [6.07, 6.45) is 6.03. The van der Waals surface area contributed by atoms with Gasteiger partial charge >= 0.3 is 0 Å². The van der Waals surface area contributed by atoms with Crippen LogP contribution in [0, 0.1) is 23.7 Å². The molecule has 5 rings (SSSR count). The van der Waals surface area contributed by atoms with Crippen LogP contribution in [-0.4, -0.2) is 36.3 Å². The fourth-order valence-electron chi connectivity index (χ4n) is 4.37. The van der Waals surface area contributed by atoms with Crippen LogP contribution in [0.25, 0.3) is 0 Å². The van der Waals surface area contributed by atoms with E-state index in [0.717, 1.165) is 17.7 Å². The Kier molecular flexibility index (Phi) is 3.82. The van der Waals surface area contributed by atoms with E-state index in [1.165, 1.54) is 7.11 Å². The zero-order valence-electron chi connectivity index (χ0n) is 14.0. The number of para-hydroxylation sites is 2. The Bertz CT molecular complexity index is 740. The Balaban J connectivity index is 1.49. The minimum atomic E-state index is -0.398. The molecule has 1 aromatic carbocycles. The summed E-state index contributed by atoms with van der Waals surface area (Å²) in [5, 5.41) is 2.72. The van der Waals surface area contributed by atoms with Gasteiger partial charge in [0, 0.05) is 0 Å². The number of fused-ring (bicyclic) bond motifs is 1. The van der Waals surface area contributed by atoms with Crippen LogP contribution in [-0.2, 0) is 14.4 Å². The minimum absolute atomic E-state index is 0.133. The zero-order valence-corrected chi connectivity index (χ0v) is 14.0. The van der Waals surface area contributed by atoms with Gasteiger partial charge in [-0.05, 0) is 36.8 Å². The number of allylic oxidation sites excluding steroid dienone is 2. The van der Waals surface area contributed by atoms with E-state index in [1.807, 2.05) is 0 Å². The van der Waals surface area contributed by atoms with E-state index >= 15 is 0 Å². The molecule has 6 heteroatoms. The summed E-state index contributed by atoms with van der Waals surface area (Å²) in [6, 6.07) is 7.03. The van der Waals surface area contributed by atoms with Gasteiger partial charge in [0.1, 0.15) is 12.3 Å². The van der Waals surface area contributed by atoms with Crippen molar-refractivity contribution >= 4 is 23.4 Å². The number of hydrogen-bond acceptors (Lipinski definition) is 4. The first kappa shape index (κ1) is 15.9. The van der Waals surface area contributed by atoms with E-state index in [4.69, 9.17) is 4.74 Å². The van der Waals surface area contributed by atoms with Crippen LogP contribution in [0.1, 0.15) is 12.8 Å². The van der Waals surface area contributed by atoms with Crippen molar-refractivity contribution in [3.8, 4) is 5.75 Å². The Labute approximate surface area is 145 Å². The summed E-state index contributed by atoms with van der Waals surface area (Å²) >= 11 is 0. The van der Waals surface area contributed by atoms with E-state index in [0.29, 0.717) is 11.4 Å². The maximum atomic E-state index is 12.7. The van der Waals surface area contributed by atoms with Crippen LogP contribution in [0.4, 0.5) is 5.69 Å². The smallest absolute Gasteiger partial charge is 0.244 e. The number of nitrogens with zero attached hydrogens (tertiary/aromatic N) is 1. The predicted octanol–water partition coefficient (Wildman–Crippen LogP) is 1.83. The highest BCUT2D eigenvalue weighted by Gasteiger charge is 2.56. The molecule has 1 N–H and O–H groups in total. The number of imide groups is 1. The Morgan fingerprint density at radius 3 is 2.28 bits per heavy atom. The molecule has 4 aliphatic rings. The van der Waals surface area contributed by atoms with E-state index in [9.17, 15) is 14.4 Å². The molecule has 1 aromatic rings. The van der Waals surface area contributed by atoms with Gasteiger partial charge in [0.25, 0.3) is 0 Å². The summed E-state index contributed by atoms with van der Waals surface area (Å²) in [7, 11) is 1.52. The number of benzene rings is 1. The molecule has 0 radical (unpaired) electrons. The summed E-state index contributed by atoms with van der Waals surface area (Å²) in [5.74, 6) is -0.572. The van der Waals surface area contributed by atoms with E-state index in [1.54, 1.807) is 24.3 Å². The first-order valence-electron chi connectivity index (χ1n) is 8.56. The van der Waals surface area contributed by atoms with Crippen LogP contribution in [0.2, 0.25) is 0 Å². The van der Waals surface area contributed by atoms with Gasteiger partial charge in [-0.2, -0.15) is 0 Å². The molecule has 130 valence electrons. The average molecular weight is 340 g/mol. The molecule has 2 bridgehead atoms. The molecule has 3 amide bonds. The number of rotatable bonds is 4. The van der Waals surface area contributed by atoms with Crippen LogP contribution in [0.3, 0.4) is 0 Å². The molecule has 3 aliphatic carbocycles. The van der Waals surface area contributed by atoms with Crippen molar-refractivity contribution in [2.75, 3.05) is 19.0 Å². The summed E-state index contributed by atoms with van der Waals surface area (Å²) in [6.45, 7) is -0.248. The van der Waals surface area contributed by atoms with Gasteiger partial charge in [-0.1, -0.05) is 24.3 Å². The SMILES string of the molecule is COc1ccccc1NC(=O)CN1C(=O)[C@H]2[C@H](C1=O)[C@H]1C=C[C@H]2CC1. The highest BCUT2D eigenvalue weighted by atomic mass is 16.5. The van der Waals surface area contributed by atoms with E-state index in [2.05, 4.69) is 17.5 Å². The molecular formula is C19H20N2O4. The van der Waals surface area contributed by atoms with Crippen LogP contribution >= 0.6 is 0 Å². The van der Waals surface area contributed by atoms with Gasteiger partial charge in [0.15, 0.2) is 0 Å². The third-order valence-corrected chi connectivity index (χ3v) is 5.53. The van der Waals surface area contributed by atoms with Crippen molar-refractivity contribution in [1.29, 1.82) is 0 Å². The number of carbonyl (C=O) groups is 3. The largest absolute Gasteiger partial charge is 0.495 e. The highest BCUT2D eigenvalue weighted by molar-refractivity contribution is 6.09. The maximum Gasteiger partial charge on any atom is 0.244 e. The second kappa shape index (κ2) is 6.02. The molecule has 0 aromatic heterocycles. The number of likely N-dealkylation sites (tertiary alicyclic amines) is 1. The second-order valence-electron chi connectivity index (χ2n) is 6.85. The number of carbonyl (C=O) groups excluding carboxylic acids is 3. The number of ether oxygens (including phenoxy) is 1. The third kappa shape index (κ3) is 2.52. The lowest BCUT2D eigenvalue weighted by atomic mass is 9.63. The highest BCUT2D eigenvalue weighted by Crippen LogP contribution is 2.49. The molecule has 1 aliphatic heterocycles. The Morgan fingerprint density at radius 2 is 1.72 bits per heavy atom. The first-order valence-corrected chi connectivity index (χ1v) is 8.56. The van der Waals surface area contributed by atoms with Crippen molar-refractivity contribution in [2.45, 2.75) is 12.8 Å². The molecule has 4 atom stereocenters. The van der Waals surface area contributed by atoms with Crippen molar-refractivity contribution in [2.24, 2.45) is 23.7 Å². The fourth-order valence-corrected chi connectivity index (χ4v) is 4.37. The molecule has 0 unspecified atom stereocenters. The summed E-state index contributed by atoms with van der Waals surface area (Å²) in [4.78, 5) is 39.0.